The zero-order valence-electron chi connectivity index (χ0n) is 11.9. The SMILES string of the molecule is CCCn1nncc1C(NC)C1Cc2ccccc2O1. The summed E-state index contributed by atoms with van der Waals surface area (Å²) in [5.74, 6) is 0.993. The van der Waals surface area contributed by atoms with Gasteiger partial charge >= 0.3 is 0 Å². The number of para-hydroxylation sites is 1. The number of hydrogen-bond acceptors (Lipinski definition) is 4. The van der Waals surface area contributed by atoms with Crippen LogP contribution in [0.2, 0.25) is 0 Å². The lowest BCUT2D eigenvalue weighted by atomic mass is 10.0. The molecule has 2 unspecified atom stereocenters. The number of fused-ring (bicyclic) bond motifs is 1. The molecule has 1 aromatic carbocycles. The Bertz CT molecular complexity index is 556. The third kappa shape index (κ3) is 2.29. The first-order chi connectivity index (χ1) is 9.83. The van der Waals surface area contributed by atoms with Gasteiger partial charge in [0.2, 0.25) is 0 Å². The second-order valence-electron chi connectivity index (χ2n) is 5.12. The van der Waals surface area contributed by atoms with Crippen molar-refractivity contribution in [3.05, 3.63) is 41.7 Å². The number of benzene rings is 1. The van der Waals surface area contributed by atoms with E-state index in [4.69, 9.17) is 4.74 Å². The molecule has 3 rings (SSSR count). The molecule has 5 nitrogen and oxygen atoms in total. The Morgan fingerprint density at radius 2 is 2.30 bits per heavy atom. The molecule has 1 N–H and O–H groups in total. The third-order valence-electron chi connectivity index (χ3n) is 3.76. The van der Waals surface area contributed by atoms with E-state index in [1.165, 1.54) is 5.56 Å². The lowest BCUT2D eigenvalue weighted by Gasteiger charge is -2.23. The fourth-order valence-electron chi connectivity index (χ4n) is 2.81. The molecule has 0 amide bonds. The van der Waals surface area contributed by atoms with Crippen molar-refractivity contribution in [1.29, 1.82) is 0 Å². The summed E-state index contributed by atoms with van der Waals surface area (Å²) < 4.78 is 8.05. The summed E-state index contributed by atoms with van der Waals surface area (Å²) in [5, 5.41) is 11.6. The third-order valence-corrected chi connectivity index (χ3v) is 3.76. The molecule has 106 valence electrons. The van der Waals surface area contributed by atoms with Crippen LogP contribution in [0.25, 0.3) is 0 Å². The summed E-state index contributed by atoms with van der Waals surface area (Å²) in [6, 6.07) is 8.33. The van der Waals surface area contributed by atoms with Gasteiger partial charge in [0.1, 0.15) is 11.9 Å². The van der Waals surface area contributed by atoms with Crippen molar-refractivity contribution in [3.8, 4) is 5.75 Å². The molecule has 0 aliphatic carbocycles. The molecule has 1 aromatic heterocycles. The Kier molecular flexibility index (Phi) is 3.69. The molecule has 2 atom stereocenters. The van der Waals surface area contributed by atoms with Crippen LogP contribution in [0.15, 0.2) is 30.5 Å². The summed E-state index contributed by atoms with van der Waals surface area (Å²) in [6.07, 6.45) is 3.88. The quantitative estimate of drug-likeness (QED) is 0.904. The van der Waals surface area contributed by atoms with Crippen LogP contribution in [-0.4, -0.2) is 28.1 Å². The second-order valence-corrected chi connectivity index (χ2v) is 5.12. The molecule has 0 spiro atoms. The highest BCUT2D eigenvalue weighted by Crippen LogP contribution is 2.33. The second kappa shape index (κ2) is 5.63. The Balaban J connectivity index is 1.83. The molecular weight excluding hydrogens is 252 g/mol. The van der Waals surface area contributed by atoms with Crippen molar-refractivity contribution in [3.63, 3.8) is 0 Å². The monoisotopic (exact) mass is 272 g/mol. The van der Waals surface area contributed by atoms with Gasteiger partial charge in [0, 0.05) is 13.0 Å². The molecule has 0 bridgehead atoms. The molecule has 0 saturated heterocycles. The van der Waals surface area contributed by atoms with Gasteiger partial charge in [0.15, 0.2) is 0 Å². The first-order valence-corrected chi connectivity index (χ1v) is 7.13. The number of aryl methyl sites for hydroxylation is 1. The largest absolute Gasteiger partial charge is 0.488 e. The highest BCUT2D eigenvalue weighted by atomic mass is 16.5. The minimum Gasteiger partial charge on any atom is -0.488 e. The topological polar surface area (TPSA) is 52.0 Å². The molecule has 2 aromatic rings. The van der Waals surface area contributed by atoms with Crippen LogP contribution in [0, 0.1) is 0 Å². The van der Waals surface area contributed by atoms with Crippen LogP contribution in [0.4, 0.5) is 0 Å². The number of ether oxygens (including phenoxy) is 1. The Morgan fingerprint density at radius 3 is 3.05 bits per heavy atom. The van der Waals surface area contributed by atoms with Gasteiger partial charge in [0.05, 0.1) is 17.9 Å². The van der Waals surface area contributed by atoms with Crippen molar-refractivity contribution >= 4 is 0 Å². The Labute approximate surface area is 118 Å². The molecular formula is C15H20N4O. The number of aromatic nitrogens is 3. The van der Waals surface area contributed by atoms with E-state index >= 15 is 0 Å². The zero-order valence-corrected chi connectivity index (χ0v) is 11.9. The molecule has 1 aliphatic heterocycles. The molecule has 0 fully saturated rings. The van der Waals surface area contributed by atoms with E-state index in [0.29, 0.717) is 0 Å². The predicted octanol–water partition coefficient (Wildman–Crippen LogP) is 1.95. The fourth-order valence-corrected chi connectivity index (χ4v) is 2.81. The molecule has 5 heteroatoms. The van der Waals surface area contributed by atoms with Gasteiger partial charge in [-0.25, -0.2) is 4.68 Å². The van der Waals surface area contributed by atoms with Gasteiger partial charge in [-0.15, -0.1) is 5.10 Å². The summed E-state index contributed by atoms with van der Waals surface area (Å²) in [4.78, 5) is 0. The molecule has 2 heterocycles. The lowest BCUT2D eigenvalue weighted by molar-refractivity contribution is 0.178. The van der Waals surface area contributed by atoms with Crippen LogP contribution in [0.1, 0.15) is 30.6 Å². The van der Waals surface area contributed by atoms with Crippen molar-refractivity contribution < 1.29 is 4.74 Å². The maximum absolute atomic E-state index is 6.09. The van der Waals surface area contributed by atoms with Crippen LogP contribution in [0.5, 0.6) is 5.75 Å². The van der Waals surface area contributed by atoms with Gasteiger partial charge < -0.3 is 10.1 Å². The maximum atomic E-state index is 6.09. The number of likely N-dealkylation sites (N-methyl/N-ethyl adjacent to an activating group) is 1. The van der Waals surface area contributed by atoms with E-state index in [1.807, 2.05) is 30.1 Å². The number of hydrogen-bond donors (Lipinski definition) is 1. The average Bonchev–Trinajstić information content (AvgIpc) is 3.07. The maximum Gasteiger partial charge on any atom is 0.124 e. The standard InChI is InChI=1S/C15H20N4O/c1-3-8-19-12(10-17-18-19)15(16-2)14-9-11-6-4-5-7-13(11)20-14/h4-7,10,14-16H,3,8-9H2,1-2H3. The van der Waals surface area contributed by atoms with Crippen molar-refractivity contribution in [2.45, 2.75) is 38.5 Å². The van der Waals surface area contributed by atoms with E-state index in [0.717, 1.165) is 30.8 Å². The molecule has 0 radical (unpaired) electrons. The van der Waals surface area contributed by atoms with Crippen molar-refractivity contribution in [2.24, 2.45) is 0 Å². The Hall–Kier alpha value is -1.88. The van der Waals surface area contributed by atoms with Crippen LogP contribution >= 0.6 is 0 Å². The average molecular weight is 272 g/mol. The highest BCUT2D eigenvalue weighted by Gasteiger charge is 2.32. The van der Waals surface area contributed by atoms with E-state index in [9.17, 15) is 0 Å². The summed E-state index contributed by atoms with van der Waals surface area (Å²) in [5.41, 5.74) is 2.36. The fraction of sp³-hybridized carbons (Fsp3) is 0.467. The molecule has 20 heavy (non-hydrogen) atoms. The van der Waals surface area contributed by atoms with Gasteiger partial charge in [-0.3, -0.25) is 0 Å². The minimum atomic E-state index is 0.0894. The summed E-state index contributed by atoms with van der Waals surface area (Å²) >= 11 is 0. The first kappa shape index (κ1) is 13.1. The normalized spacial score (nSPS) is 18.6. The number of nitrogens with one attached hydrogen (secondary N) is 1. The van der Waals surface area contributed by atoms with Crippen LogP contribution in [0.3, 0.4) is 0 Å². The van der Waals surface area contributed by atoms with Gasteiger partial charge in [-0.2, -0.15) is 0 Å². The molecule has 1 aliphatic rings. The Morgan fingerprint density at radius 1 is 1.45 bits per heavy atom. The van der Waals surface area contributed by atoms with Crippen LogP contribution in [-0.2, 0) is 13.0 Å². The number of rotatable bonds is 5. The van der Waals surface area contributed by atoms with Gasteiger partial charge in [-0.1, -0.05) is 30.3 Å². The summed E-state index contributed by atoms with van der Waals surface area (Å²) in [6.45, 7) is 3.02. The predicted molar refractivity (Wildman–Crippen MR) is 76.7 cm³/mol. The van der Waals surface area contributed by atoms with E-state index in [1.54, 1.807) is 0 Å². The van der Waals surface area contributed by atoms with Gasteiger partial charge in [0.25, 0.3) is 0 Å². The first-order valence-electron chi connectivity index (χ1n) is 7.13. The van der Waals surface area contributed by atoms with Crippen molar-refractivity contribution in [1.82, 2.24) is 20.3 Å². The zero-order chi connectivity index (χ0) is 13.9. The minimum absolute atomic E-state index is 0.0894. The highest BCUT2D eigenvalue weighted by molar-refractivity contribution is 5.38. The lowest BCUT2D eigenvalue weighted by Crippen LogP contribution is -2.34. The molecule has 0 saturated carbocycles. The van der Waals surface area contributed by atoms with E-state index < -0.39 is 0 Å². The smallest absolute Gasteiger partial charge is 0.124 e. The van der Waals surface area contributed by atoms with Crippen LogP contribution < -0.4 is 10.1 Å². The van der Waals surface area contributed by atoms with Crippen molar-refractivity contribution in [2.75, 3.05) is 7.05 Å². The van der Waals surface area contributed by atoms with Gasteiger partial charge in [-0.05, 0) is 25.1 Å². The van der Waals surface area contributed by atoms with E-state index in [-0.39, 0.29) is 12.1 Å². The summed E-state index contributed by atoms with van der Waals surface area (Å²) in [7, 11) is 1.96. The van der Waals surface area contributed by atoms with E-state index in [2.05, 4.69) is 34.7 Å². The number of nitrogens with zero attached hydrogens (tertiary/aromatic N) is 3.